The van der Waals surface area contributed by atoms with E-state index in [9.17, 15) is 9.90 Å². The Morgan fingerprint density at radius 1 is 1.40 bits per heavy atom. The molecule has 1 aromatic rings. The highest BCUT2D eigenvalue weighted by Gasteiger charge is 2.30. The van der Waals surface area contributed by atoms with Gasteiger partial charge < -0.3 is 5.11 Å². The summed E-state index contributed by atoms with van der Waals surface area (Å²) in [5, 5.41) is 13.2. The molecule has 1 aliphatic rings. The Balaban J connectivity index is 2.15. The van der Waals surface area contributed by atoms with Crippen LogP contribution in [0.1, 0.15) is 43.6 Å². The van der Waals surface area contributed by atoms with Gasteiger partial charge in [-0.3, -0.25) is 4.79 Å². The molecule has 1 saturated carbocycles. The van der Waals surface area contributed by atoms with Gasteiger partial charge in [0, 0.05) is 0 Å². The molecule has 1 heterocycles. The minimum Gasteiger partial charge on any atom is -0.481 e. The molecule has 1 fully saturated rings. The lowest BCUT2D eigenvalue weighted by Gasteiger charge is -2.26. The third-order valence-electron chi connectivity index (χ3n) is 3.29. The lowest BCUT2D eigenvalue weighted by Crippen LogP contribution is -2.23. The number of carboxylic acids is 1. The van der Waals surface area contributed by atoms with Gasteiger partial charge in [-0.15, -0.1) is 0 Å². The molecule has 1 N–H and O–H groups in total. The summed E-state index contributed by atoms with van der Waals surface area (Å²) in [4.78, 5) is 11.3. The third-order valence-corrected chi connectivity index (χ3v) is 3.99. The number of hydrogen-bond donors (Lipinski definition) is 1. The van der Waals surface area contributed by atoms with Crippen LogP contribution in [0, 0.1) is 5.92 Å². The van der Waals surface area contributed by atoms with Gasteiger partial charge in [-0.2, -0.15) is 11.3 Å². The quantitative estimate of drug-likeness (QED) is 0.853. The fourth-order valence-electron chi connectivity index (χ4n) is 2.54. The van der Waals surface area contributed by atoms with Gasteiger partial charge in [0.15, 0.2) is 0 Å². The van der Waals surface area contributed by atoms with Crippen molar-refractivity contribution in [2.24, 2.45) is 5.92 Å². The van der Waals surface area contributed by atoms with Crippen LogP contribution in [0.25, 0.3) is 0 Å². The predicted octanol–water partition coefficient (Wildman–Crippen LogP) is 3.50. The van der Waals surface area contributed by atoms with Crippen molar-refractivity contribution in [1.82, 2.24) is 0 Å². The second-order valence-electron chi connectivity index (χ2n) is 4.27. The number of hydrogen-bond acceptors (Lipinski definition) is 2. The van der Waals surface area contributed by atoms with E-state index in [-0.39, 0.29) is 5.92 Å². The number of aliphatic carboxylic acids is 1. The van der Waals surface area contributed by atoms with Crippen molar-refractivity contribution in [1.29, 1.82) is 0 Å². The summed E-state index contributed by atoms with van der Waals surface area (Å²) in [6.07, 6.45) is 5.81. The van der Waals surface area contributed by atoms with Crippen LogP contribution in [0.15, 0.2) is 16.8 Å². The zero-order valence-electron chi connectivity index (χ0n) is 8.69. The van der Waals surface area contributed by atoms with Crippen LogP contribution in [0.4, 0.5) is 0 Å². The first-order valence-corrected chi connectivity index (χ1v) is 6.48. The molecule has 82 valence electrons. The van der Waals surface area contributed by atoms with Crippen LogP contribution < -0.4 is 0 Å². The molecule has 0 bridgehead atoms. The standard InChI is InChI=1S/C12H16O2S/c13-12(14)11(10-6-7-15-8-10)9-4-2-1-3-5-9/h6-9,11H,1-5H2,(H,13,14)/t11-/m1/s1. The van der Waals surface area contributed by atoms with Crippen LogP contribution in [-0.4, -0.2) is 11.1 Å². The second kappa shape index (κ2) is 4.79. The van der Waals surface area contributed by atoms with Crippen molar-refractivity contribution in [2.75, 3.05) is 0 Å². The first kappa shape index (κ1) is 10.7. The molecule has 3 heteroatoms. The predicted molar refractivity (Wildman–Crippen MR) is 61.3 cm³/mol. The van der Waals surface area contributed by atoms with E-state index in [4.69, 9.17) is 0 Å². The summed E-state index contributed by atoms with van der Waals surface area (Å²) >= 11 is 1.59. The minimum absolute atomic E-state index is 0.267. The van der Waals surface area contributed by atoms with E-state index in [2.05, 4.69) is 0 Å². The van der Waals surface area contributed by atoms with Crippen molar-refractivity contribution < 1.29 is 9.90 Å². The Kier molecular flexibility index (Phi) is 3.41. The molecule has 0 spiro atoms. The van der Waals surface area contributed by atoms with Gasteiger partial charge in [-0.05, 0) is 41.1 Å². The fourth-order valence-corrected chi connectivity index (χ4v) is 3.23. The highest BCUT2D eigenvalue weighted by atomic mass is 32.1. The van der Waals surface area contributed by atoms with Crippen LogP contribution in [-0.2, 0) is 4.79 Å². The lowest BCUT2D eigenvalue weighted by atomic mass is 9.77. The highest BCUT2D eigenvalue weighted by Crippen LogP contribution is 2.36. The molecule has 0 radical (unpaired) electrons. The maximum Gasteiger partial charge on any atom is 0.311 e. The summed E-state index contributed by atoms with van der Waals surface area (Å²) in [6, 6.07) is 1.96. The largest absolute Gasteiger partial charge is 0.481 e. The average Bonchev–Trinajstić information content (AvgIpc) is 2.72. The summed E-state index contributed by atoms with van der Waals surface area (Å²) in [5.41, 5.74) is 0.999. The zero-order valence-corrected chi connectivity index (χ0v) is 9.50. The molecule has 0 aliphatic heterocycles. The molecule has 15 heavy (non-hydrogen) atoms. The minimum atomic E-state index is -0.652. The van der Waals surface area contributed by atoms with Gasteiger partial charge in [-0.25, -0.2) is 0 Å². The zero-order chi connectivity index (χ0) is 10.7. The number of rotatable bonds is 3. The molecule has 2 nitrogen and oxygen atoms in total. The molecule has 0 amide bonds. The van der Waals surface area contributed by atoms with Gasteiger partial charge in [0.25, 0.3) is 0 Å². The summed E-state index contributed by atoms with van der Waals surface area (Å²) in [5.74, 6) is -0.567. The summed E-state index contributed by atoms with van der Waals surface area (Å²) in [6.45, 7) is 0. The second-order valence-corrected chi connectivity index (χ2v) is 5.05. The number of carboxylic acid groups (broad SMARTS) is 1. The Bertz CT molecular complexity index is 312. The summed E-state index contributed by atoms with van der Waals surface area (Å²) in [7, 11) is 0. The SMILES string of the molecule is O=C(O)[C@@H](c1ccsc1)C1CCCCC1. The van der Waals surface area contributed by atoms with Gasteiger partial charge in [0.1, 0.15) is 0 Å². The van der Waals surface area contributed by atoms with Gasteiger partial charge in [-0.1, -0.05) is 19.3 Å². The van der Waals surface area contributed by atoms with Gasteiger partial charge in [0.05, 0.1) is 5.92 Å². The molecule has 0 saturated heterocycles. The molecular weight excluding hydrogens is 208 g/mol. The average molecular weight is 224 g/mol. The summed E-state index contributed by atoms with van der Waals surface area (Å²) < 4.78 is 0. The first-order valence-electron chi connectivity index (χ1n) is 5.54. The first-order chi connectivity index (χ1) is 7.29. The third kappa shape index (κ3) is 2.40. The molecule has 0 unspecified atom stereocenters. The van der Waals surface area contributed by atoms with Crippen molar-refractivity contribution in [2.45, 2.75) is 38.0 Å². The van der Waals surface area contributed by atoms with Crippen molar-refractivity contribution in [3.05, 3.63) is 22.4 Å². The van der Waals surface area contributed by atoms with E-state index in [0.29, 0.717) is 5.92 Å². The molecule has 2 rings (SSSR count). The number of thiophene rings is 1. The molecule has 1 atom stereocenters. The highest BCUT2D eigenvalue weighted by molar-refractivity contribution is 7.08. The maximum absolute atomic E-state index is 11.3. The number of carbonyl (C=O) groups is 1. The maximum atomic E-state index is 11.3. The van der Waals surface area contributed by atoms with Crippen molar-refractivity contribution >= 4 is 17.3 Å². The van der Waals surface area contributed by atoms with E-state index in [0.717, 1.165) is 18.4 Å². The topological polar surface area (TPSA) is 37.3 Å². The van der Waals surface area contributed by atoms with Gasteiger partial charge in [0.2, 0.25) is 0 Å². The van der Waals surface area contributed by atoms with E-state index in [1.807, 2.05) is 16.8 Å². The van der Waals surface area contributed by atoms with Crippen LogP contribution >= 0.6 is 11.3 Å². The van der Waals surface area contributed by atoms with Crippen molar-refractivity contribution in [3.63, 3.8) is 0 Å². The molecular formula is C12H16O2S. The Morgan fingerprint density at radius 2 is 2.13 bits per heavy atom. The smallest absolute Gasteiger partial charge is 0.311 e. The van der Waals surface area contributed by atoms with E-state index < -0.39 is 5.97 Å². The molecule has 0 aromatic carbocycles. The Labute approximate surface area is 93.9 Å². The van der Waals surface area contributed by atoms with E-state index in [1.54, 1.807) is 11.3 Å². The van der Waals surface area contributed by atoms with E-state index >= 15 is 0 Å². The monoisotopic (exact) mass is 224 g/mol. The van der Waals surface area contributed by atoms with Crippen molar-refractivity contribution in [3.8, 4) is 0 Å². The molecule has 1 aliphatic carbocycles. The Morgan fingerprint density at radius 3 is 2.67 bits per heavy atom. The fraction of sp³-hybridized carbons (Fsp3) is 0.583. The Hall–Kier alpha value is -0.830. The van der Waals surface area contributed by atoms with Crippen LogP contribution in [0.2, 0.25) is 0 Å². The van der Waals surface area contributed by atoms with E-state index in [1.165, 1.54) is 19.3 Å². The lowest BCUT2D eigenvalue weighted by molar-refractivity contribution is -0.140. The molecule has 1 aromatic heterocycles. The van der Waals surface area contributed by atoms with Crippen LogP contribution in [0.5, 0.6) is 0 Å². The normalized spacial score (nSPS) is 20.0. The van der Waals surface area contributed by atoms with Crippen LogP contribution in [0.3, 0.4) is 0 Å². The van der Waals surface area contributed by atoms with Gasteiger partial charge >= 0.3 is 5.97 Å².